The van der Waals surface area contributed by atoms with Crippen LogP contribution in [0.5, 0.6) is 0 Å². The van der Waals surface area contributed by atoms with Gasteiger partial charge < -0.3 is 4.90 Å². The third-order valence-electron chi connectivity index (χ3n) is 4.35. The van der Waals surface area contributed by atoms with Crippen LogP contribution in [0.15, 0.2) is 47.4 Å². The Labute approximate surface area is 154 Å². The molecule has 3 rings (SSSR count). The van der Waals surface area contributed by atoms with E-state index in [0.29, 0.717) is 5.56 Å². The lowest BCUT2D eigenvalue weighted by Crippen LogP contribution is -2.40. The second-order valence-electron chi connectivity index (χ2n) is 6.16. The van der Waals surface area contributed by atoms with Crippen LogP contribution in [0.1, 0.15) is 12.0 Å². The summed E-state index contributed by atoms with van der Waals surface area (Å²) >= 11 is 0. The van der Waals surface area contributed by atoms with E-state index in [0.717, 1.165) is 17.0 Å². The average Bonchev–Trinajstić information content (AvgIpc) is 2.99. The highest BCUT2D eigenvalue weighted by atomic mass is 32.2. The fraction of sp³-hybridized carbons (Fsp3) is 0.222. The summed E-state index contributed by atoms with van der Waals surface area (Å²) in [5.41, 5.74) is 0.565. The van der Waals surface area contributed by atoms with Gasteiger partial charge in [-0.15, -0.1) is 0 Å². The zero-order chi connectivity index (χ0) is 19.8. The van der Waals surface area contributed by atoms with E-state index in [-0.39, 0.29) is 23.5 Å². The molecule has 0 bridgehead atoms. The van der Waals surface area contributed by atoms with Gasteiger partial charge >= 0.3 is 0 Å². The molecule has 27 heavy (non-hydrogen) atoms. The SMILES string of the molecule is Cc1ccccc1S(=O)(=O)NC(=O)C1CCN(c2ccc(F)c(F)c2)C1=O. The molecule has 1 aliphatic rings. The summed E-state index contributed by atoms with van der Waals surface area (Å²) in [5.74, 6) is -5.01. The number of aryl methyl sites for hydroxylation is 1. The van der Waals surface area contributed by atoms with Gasteiger partial charge in [0.1, 0.15) is 5.92 Å². The number of hydrogen-bond donors (Lipinski definition) is 1. The van der Waals surface area contributed by atoms with E-state index in [4.69, 9.17) is 0 Å². The zero-order valence-corrected chi connectivity index (χ0v) is 15.1. The maximum absolute atomic E-state index is 13.4. The largest absolute Gasteiger partial charge is 0.312 e. The third-order valence-corrected chi connectivity index (χ3v) is 5.86. The van der Waals surface area contributed by atoms with Crippen molar-refractivity contribution >= 4 is 27.5 Å². The molecule has 1 heterocycles. The minimum atomic E-state index is -4.13. The van der Waals surface area contributed by atoms with E-state index in [1.54, 1.807) is 19.1 Å². The first-order valence-electron chi connectivity index (χ1n) is 8.09. The molecule has 6 nitrogen and oxygen atoms in total. The van der Waals surface area contributed by atoms with E-state index >= 15 is 0 Å². The number of halogens is 2. The number of carbonyl (C=O) groups excluding carboxylic acids is 2. The molecular weight excluding hydrogens is 378 g/mol. The molecule has 1 atom stereocenters. The van der Waals surface area contributed by atoms with Gasteiger partial charge in [0.05, 0.1) is 4.90 Å². The van der Waals surface area contributed by atoms with Crippen molar-refractivity contribution in [3.8, 4) is 0 Å². The zero-order valence-electron chi connectivity index (χ0n) is 14.3. The highest BCUT2D eigenvalue weighted by molar-refractivity contribution is 7.90. The molecule has 0 radical (unpaired) electrons. The predicted molar refractivity (Wildman–Crippen MR) is 93.3 cm³/mol. The van der Waals surface area contributed by atoms with Crippen LogP contribution in [-0.4, -0.2) is 26.8 Å². The molecule has 0 aliphatic carbocycles. The number of rotatable bonds is 4. The first-order valence-corrected chi connectivity index (χ1v) is 9.58. The summed E-state index contributed by atoms with van der Waals surface area (Å²) in [7, 11) is -4.13. The Balaban J connectivity index is 1.77. The van der Waals surface area contributed by atoms with Crippen molar-refractivity contribution in [3.05, 3.63) is 59.7 Å². The smallest absolute Gasteiger partial charge is 0.264 e. The number of nitrogens with one attached hydrogen (secondary N) is 1. The van der Waals surface area contributed by atoms with Gasteiger partial charge in [-0.05, 0) is 37.1 Å². The van der Waals surface area contributed by atoms with Crippen LogP contribution in [0.25, 0.3) is 0 Å². The fourth-order valence-corrected chi connectivity index (χ4v) is 4.22. The van der Waals surface area contributed by atoms with Gasteiger partial charge in [0.15, 0.2) is 11.6 Å². The van der Waals surface area contributed by atoms with Gasteiger partial charge in [-0.3, -0.25) is 9.59 Å². The number of sulfonamides is 1. The minimum absolute atomic E-state index is 0.0544. The predicted octanol–water partition coefficient (Wildman–Crippen LogP) is 2.13. The number of nitrogens with zero attached hydrogens (tertiary/aromatic N) is 1. The lowest BCUT2D eigenvalue weighted by Gasteiger charge is -2.17. The van der Waals surface area contributed by atoms with Gasteiger partial charge in [-0.1, -0.05) is 18.2 Å². The summed E-state index contributed by atoms with van der Waals surface area (Å²) in [4.78, 5) is 25.9. The molecule has 1 fully saturated rings. The van der Waals surface area contributed by atoms with Crippen LogP contribution >= 0.6 is 0 Å². The Morgan fingerprint density at radius 2 is 1.85 bits per heavy atom. The molecule has 2 amide bonds. The normalized spacial score (nSPS) is 17.2. The molecule has 1 saturated heterocycles. The molecule has 0 saturated carbocycles. The first-order chi connectivity index (χ1) is 12.7. The summed E-state index contributed by atoms with van der Waals surface area (Å²) < 4.78 is 53.2. The average molecular weight is 394 g/mol. The summed E-state index contributed by atoms with van der Waals surface area (Å²) in [6.07, 6.45) is 0.0625. The quantitative estimate of drug-likeness (QED) is 0.806. The van der Waals surface area contributed by atoms with Gasteiger partial charge in [0, 0.05) is 18.3 Å². The molecule has 1 aliphatic heterocycles. The van der Waals surface area contributed by atoms with Crippen molar-refractivity contribution in [2.45, 2.75) is 18.2 Å². The number of carbonyl (C=O) groups is 2. The van der Waals surface area contributed by atoms with Gasteiger partial charge in [-0.2, -0.15) is 0 Å². The highest BCUT2D eigenvalue weighted by Crippen LogP contribution is 2.27. The van der Waals surface area contributed by atoms with E-state index in [9.17, 15) is 26.8 Å². The molecular formula is C18H16F2N2O4S. The maximum Gasteiger partial charge on any atom is 0.264 e. The van der Waals surface area contributed by atoms with Crippen molar-refractivity contribution in [1.82, 2.24) is 4.72 Å². The number of anilines is 1. The van der Waals surface area contributed by atoms with Gasteiger partial charge in [0.25, 0.3) is 10.0 Å². The van der Waals surface area contributed by atoms with E-state index in [2.05, 4.69) is 0 Å². The number of amides is 2. The Hall–Kier alpha value is -2.81. The van der Waals surface area contributed by atoms with Crippen molar-refractivity contribution < 1.29 is 26.8 Å². The molecule has 0 spiro atoms. The maximum atomic E-state index is 13.4. The second-order valence-corrected chi connectivity index (χ2v) is 7.82. The third kappa shape index (κ3) is 3.68. The molecule has 0 aromatic heterocycles. The molecule has 2 aromatic carbocycles. The summed E-state index contributed by atoms with van der Waals surface area (Å²) in [6.45, 7) is 1.68. The monoisotopic (exact) mass is 394 g/mol. The van der Waals surface area contributed by atoms with E-state index < -0.39 is 39.4 Å². The molecule has 1 N–H and O–H groups in total. The molecule has 9 heteroatoms. The lowest BCUT2D eigenvalue weighted by molar-refractivity contribution is -0.130. The topological polar surface area (TPSA) is 83.6 Å². The Morgan fingerprint density at radius 3 is 2.52 bits per heavy atom. The summed E-state index contributed by atoms with van der Waals surface area (Å²) in [6, 6.07) is 9.10. The minimum Gasteiger partial charge on any atom is -0.312 e. The fourth-order valence-electron chi connectivity index (χ4n) is 2.95. The highest BCUT2D eigenvalue weighted by Gasteiger charge is 2.39. The van der Waals surface area contributed by atoms with Gasteiger partial charge in [-0.25, -0.2) is 21.9 Å². The van der Waals surface area contributed by atoms with E-state index in [1.807, 2.05) is 4.72 Å². The van der Waals surface area contributed by atoms with Crippen LogP contribution in [0.2, 0.25) is 0 Å². The van der Waals surface area contributed by atoms with Crippen LogP contribution < -0.4 is 9.62 Å². The van der Waals surface area contributed by atoms with Crippen LogP contribution in [0.3, 0.4) is 0 Å². The number of benzene rings is 2. The molecule has 2 aromatic rings. The van der Waals surface area contributed by atoms with Crippen molar-refractivity contribution in [1.29, 1.82) is 0 Å². The van der Waals surface area contributed by atoms with Crippen LogP contribution in [0.4, 0.5) is 14.5 Å². The van der Waals surface area contributed by atoms with Crippen LogP contribution in [-0.2, 0) is 19.6 Å². The molecule has 142 valence electrons. The van der Waals surface area contributed by atoms with Crippen LogP contribution in [0, 0.1) is 24.5 Å². The Bertz CT molecular complexity index is 1020. The van der Waals surface area contributed by atoms with Crippen molar-refractivity contribution in [2.75, 3.05) is 11.4 Å². The van der Waals surface area contributed by atoms with Gasteiger partial charge in [0.2, 0.25) is 11.8 Å². The Morgan fingerprint density at radius 1 is 1.15 bits per heavy atom. The summed E-state index contributed by atoms with van der Waals surface area (Å²) in [5, 5.41) is 0. The number of hydrogen-bond acceptors (Lipinski definition) is 4. The standard InChI is InChI=1S/C18H16F2N2O4S/c1-11-4-2-3-5-16(11)27(25,26)21-17(23)13-8-9-22(18(13)24)12-6-7-14(19)15(20)10-12/h2-7,10,13H,8-9H2,1H3,(H,21,23). The second kappa shape index (κ2) is 7.07. The lowest BCUT2D eigenvalue weighted by atomic mass is 10.1. The van der Waals surface area contributed by atoms with Crippen molar-refractivity contribution in [3.63, 3.8) is 0 Å². The van der Waals surface area contributed by atoms with Crippen molar-refractivity contribution in [2.24, 2.45) is 5.92 Å². The van der Waals surface area contributed by atoms with E-state index in [1.165, 1.54) is 18.2 Å². The first kappa shape index (κ1) is 19.0. The Kier molecular flexibility index (Phi) is 4.97. The molecule has 1 unspecified atom stereocenters.